The van der Waals surface area contributed by atoms with Gasteiger partial charge in [-0.1, -0.05) is 0 Å². The first kappa shape index (κ1) is 12.7. The number of ether oxygens (including phenoxy) is 1. The number of carbonyl (C=O) groups is 1. The molecule has 0 unspecified atom stereocenters. The number of hydrogen-bond donors (Lipinski definition) is 0. The third-order valence-electron chi connectivity index (χ3n) is 2.61. The number of carbonyl (C=O) groups excluding carboxylic acids is 1. The van der Waals surface area contributed by atoms with Crippen molar-refractivity contribution in [3.63, 3.8) is 0 Å². The molecule has 4 heteroatoms. The summed E-state index contributed by atoms with van der Waals surface area (Å²) < 4.78 is 5.32. The lowest BCUT2D eigenvalue weighted by atomic mass is 9.92. The molecule has 0 aromatic heterocycles. The SMILES string of the molecule is CSC[C@@H]1CN(C(=O)OC(C)(C)C)[C@H]1C. The summed E-state index contributed by atoms with van der Waals surface area (Å²) in [6, 6.07) is 0.326. The van der Waals surface area contributed by atoms with Crippen molar-refractivity contribution in [1.82, 2.24) is 4.90 Å². The molecular weight excluding hydrogens is 210 g/mol. The van der Waals surface area contributed by atoms with E-state index in [9.17, 15) is 4.79 Å². The Morgan fingerprint density at radius 1 is 1.53 bits per heavy atom. The third kappa shape index (κ3) is 3.30. The molecule has 15 heavy (non-hydrogen) atoms. The van der Waals surface area contributed by atoms with Crippen molar-refractivity contribution in [2.45, 2.75) is 39.3 Å². The lowest BCUT2D eigenvalue weighted by Gasteiger charge is -2.46. The van der Waals surface area contributed by atoms with Crippen LogP contribution in [0.25, 0.3) is 0 Å². The first-order valence-electron chi connectivity index (χ1n) is 5.33. The Hall–Kier alpha value is -0.380. The van der Waals surface area contributed by atoms with Gasteiger partial charge in [0, 0.05) is 18.5 Å². The van der Waals surface area contributed by atoms with Crippen LogP contribution in [0.5, 0.6) is 0 Å². The zero-order chi connectivity index (χ0) is 11.6. The molecule has 1 saturated heterocycles. The van der Waals surface area contributed by atoms with E-state index < -0.39 is 0 Å². The van der Waals surface area contributed by atoms with Crippen LogP contribution in [0.3, 0.4) is 0 Å². The molecule has 1 aliphatic rings. The average molecular weight is 231 g/mol. The smallest absolute Gasteiger partial charge is 0.410 e. The van der Waals surface area contributed by atoms with E-state index in [4.69, 9.17) is 4.74 Å². The molecule has 3 nitrogen and oxygen atoms in total. The molecule has 1 rings (SSSR count). The lowest BCUT2D eigenvalue weighted by molar-refractivity contribution is -0.0198. The Bertz CT molecular complexity index is 237. The van der Waals surface area contributed by atoms with E-state index in [1.165, 1.54) is 0 Å². The number of thioether (sulfide) groups is 1. The molecule has 0 aliphatic carbocycles. The quantitative estimate of drug-likeness (QED) is 0.731. The summed E-state index contributed by atoms with van der Waals surface area (Å²) in [7, 11) is 0. The number of hydrogen-bond acceptors (Lipinski definition) is 3. The second-order valence-electron chi connectivity index (χ2n) is 5.09. The van der Waals surface area contributed by atoms with Gasteiger partial charge < -0.3 is 9.64 Å². The van der Waals surface area contributed by atoms with Gasteiger partial charge in [0.2, 0.25) is 0 Å². The van der Waals surface area contributed by atoms with Crippen LogP contribution >= 0.6 is 11.8 Å². The Balaban J connectivity index is 2.39. The standard InChI is InChI=1S/C11H21NO2S/c1-8-9(7-15-5)6-12(8)10(13)14-11(2,3)4/h8-9H,6-7H2,1-5H3/t8-,9-/m0/s1. The highest BCUT2D eigenvalue weighted by Crippen LogP contribution is 2.28. The summed E-state index contributed by atoms with van der Waals surface area (Å²) >= 11 is 1.84. The van der Waals surface area contributed by atoms with Crippen LogP contribution in [0.15, 0.2) is 0 Å². The Morgan fingerprint density at radius 2 is 2.13 bits per heavy atom. The molecule has 0 aromatic carbocycles. The predicted octanol–water partition coefficient (Wildman–Crippen LogP) is 2.60. The van der Waals surface area contributed by atoms with Crippen LogP contribution in [0, 0.1) is 5.92 Å². The van der Waals surface area contributed by atoms with Crippen molar-refractivity contribution < 1.29 is 9.53 Å². The minimum absolute atomic E-state index is 0.174. The van der Waals surface area contributed by atoms with Crippen LogP contribution < -0.4 is 0 Å². The maximum atomic E-state index is 11.7. The molecule has 0 saturated carbocycles. The summed E-state index contributed by atoms with van der Waals surface area (Å²) in [6.07, 6.45) is 1.93. The summed E-state index contributed by atoms with van der Waals surface area (Å²) in [5, 5.41) is 0. The second kappa shape index (κ2) is 4.64. The maximum Gasteiger partial charge on any atom is 0.410 e. The van der Waals surface area contributed by atoms with E-state index >= 15 is 0 Å². The topological polar surface area (TPSA) is 29.5 Å². The van der Waals surface area contributed by atoms with E-state index in [0.717, 1.165) is 12.3 Å². The summed E-state index contributed by atoms with van der Waals surface area (Å²) in [5.74, 6) is 1.76. The molecule has 1 heterocycles. The molecular formula is C11H21NO2S. The molecule has 1 aliphatic heterocycles. The first-order chi connectivity index (χ1) is 6.85. The van der Waals surface area contributed by atoms with Gasteiger partial charge in [0.1, 0.15) is 5.60 Å². The fraction of sp³-hybridized carbons (Fsp3) is 0.909. The Kier molecular flexibility index (Phi) is 3.93. The monoisotopic (exact) mass is 231 g/mol. The van der Waals surface area contributed by atoms with Gasteiger partial charge in [-0.2, -0.15) is 11.8 Å². The average Bonchev–Trinajstić information content (AvgIpc) is 2.07. The minimum atomic E-state index is -0.388. The molecule has 1 amide bonds. The van der Waals surface area contributed by atoms with Crippen LogP contribution in [0.4, 0.5) is 4.79 Å². The summed E-state index contributed by atoms with van der Waals surface area (Å²) in [4.78, 5) is 13.5. The van der Waals surface area contributed by atoms with Crippen molar-refractivity contribution in [1.29, 1.82) is 0 Å². The van der Waals surface area contributed by atoms with E-state index in [1.807, 2.05) is 37.4 Å². The minimum Gasteiger partial charge on any atom is -0.444 e. The maximum absolute atomic E-state index is 11.7. The fourth-order valence-corrected chi connectivity index (χ4v) is 2.47. The zero-order valence-electron chi connectivity index (χ0n) is 10.2. The van der Waals surface area contributed by atoms with Crippen LogP contribution in [0.1, 0.15) is 27.7 Å². The van der Waals surface area contributed by atoms with Gasteiger partial charge in [-0.15, -0.1) is 0 Å². The lowest BCUT2D eigenvalue weighted by Crippen LogP contribution is -2.58. The molecule has 0 aromatic rings. The van der Waals surface area contributed by atoms with Gasteiger partial charge in [-0.3, -0.25) is 0 Å². The van der Waals surface area contributed by atoms with Gasteiger partial charge in [-0.05, 0) is 39.7 Å². The summed E-state index contributed by atoms with van der Waals surface area (Å²) in [6.45, 7) is 8.63. The number of nitrogens with zero attached hydrogens (tertiary/aromatic N) is 1. The third-order valence-corrected chi connectivity index (χ3v) is 3.38. The predicted molar refractivity (Wildman–Crippen MR) is 64.3 cm³/mol. The highest BCUT2D eigenvalue weighted by Gasteiger charge is 2.40. The van der Waals surface area contributed by atoms with Crippen molar-refractivity contribution in [2.75, 3.05) is 18.6 Å². The van der Waals surface area contributed by atoms with Gasteiger partial charge in [0.25, 0.3) is 0 Å². The molecule has 0 bridgehead atoms. The van der Waals surface area contributed by atoms with E-state index in [1.54, 1.807) is 0 Å². The second-order valence-corrected chi connectivity index (χ2v) is 6.00. The van der Waals surface area contributed by atoms with E-state index in [-0.39, 0.29) is 11.7 Å². The summed E-state index contributed by atoms with van der Waals surface area (Å²) in [5.41, 5.74) is -0.388. The molecule has 1 fully saturated rings. The van der Waals surface area contributed by atoms with Crippen molar-refractivity contribution in [3.8, 4) is 0 Å². The number of likely N-dealkylation sites (tertiary alicyclic amines) is 1. The van der Waals surface area contributed by atoms with Crippen LogP contribution in [0.2, 0.25) is 0 Å². The normalized spacial score (nSPS) is 26.1. The molecule has 0 radical (unpaired) electrons. The Morgan fingerprint density at radius 3 is 2.53 bits per heavy atom. The van der Waals surface area contributed by atoms with Crippen molar-refractivity contribution >= 4 is 17.9 Å². The first-order valence-corrected chi connectivity index (χ1v) is 6.73. The zero-order valence-corrected chi connectivity index (χ0v) is 11.1. The Labute approximate surface area is 96.5 Å². The molecule has 2 atom stereocenters. The molecule has 88 valence electrons. The van der Waals surface area contributed by atoms with E-state index in [0.29, 0.717) is 12.0 Å². The molecule has 0 N–H and O–H groups in total. The highest BCUT2D eigenvalue weighted by atomic mass is 32.2. The van der Waals surface area contributed by atoms with Crippen molar-refractivity contribution in [3.05, 3.63) is 0 Å². The van der Waals surface area contributed by atoms with Crippen molar-refractivity contribution in [2.24, 2.45) is 5.92 Å². The van der Waals surface area contributed by atoms with Gasteiger partial charge in [-0.25, -0.2) is 4.79 Å². The fourth-order valence-electron chi connectivity index (χ4n) is 1.66. The van der Waals surface area contributed by atoms with E-state index in [2.05, 4.69) is 13.2 Å². The largest absolute Gasteiger partial charge is 0.444 e. The van der Waals surface area contributed by atoms with Crippen LogP contribution in [-0.2, 0) is 4.74 Å². The number of amides is 1. The highest BCUT2D eigenvalue weighted by molar-refractivity contribution is 7.98. The van der Waals surface area contributed by atoms with Gasteiger partial charge in [0.15, 0.2) is 0 Å². The van der Waals surface area contributed by atoms with Gasteiger partial charge in [0.05, 0.1) is 0 Å². The molecule has 0 spiro atoms. The number of rotatable bonds is 2. The van der Waals surface area contributed by atoms with Gasteiger partial charge >= 0.3 is 6.09 Å². The van der Waals surface area contributed by atoms with Crippen LogP contribution in [-0.4, -0.2) is 41.2 Å².